The number of para-hydroxylation sites is 2. The lowest BCUT2D eigenvalue weighted by molar-refractivity contribution is -0.114. The summed E-state index contributed by atoms with van der Waals surface area (Å²) in [5.41, 5.74) is 4.35. The van der Waals surface area contributed by atoms with E-state index in [1.54, 1.807) is 0 Å². The summed E-state index contributed by atoms with van der Waals surface area (Å²) in [5, 5.41) is 6.11. The van der Waals surface area contributed by atoms with E-state index >= 15 is 0 Å². The van der Waals surface area contributed by atoms with E-state index in [1.807, 2.05) is 49.4 Å². The lowest BCUT2D eigenvalue weighted by Crippen LogP contribution is -2.09. The molecule has 3 rings (SSSR count). The van der Waals surface area contributed by atoms with Crippen LogP contribution < -0.4 is 10.6 Å². The van der Waals surface area contributed by atoms with Gasteiger partial charge in [0.25, 0.3) is 0 Å². The lowest BCUT2D eigenvalue weighted by atomic mass is 10.1. The molecule has 0 unspecified atom stereocenters. The van der Waals surface area contributed by atoms with E-state index < -0.39 is 0 Å². The van der Waals surface area contributed by atoms with Gasteiger partial charge in [-0.05, 0) is 36.8 Å². The fourth-order valence-electron chi connectivity index (χ4n) is 2.32. The summed E-state index contributed by atoms with van der Waals surface area (Å²) in [6, 6.07) is 13.4. The van der Waals surface area contributed by atoms with E-state index in [0.29, 0.717) is 12.4 Å². The van der Waals surface area contributed by atoms with Gasteiger partial charge in [-0.2, -0.15) is 0 Å². The molecule has 0 fully saturated rings. The number of fused-ring (bicyclic) bond motifs is 1. The van der Waals surface area contributed by atoms with Gasteiger partial charge in [-0.15, -0.1) is 0 Å². The first-order valence-corrected chi connectivity index (χ1v) is 7.09. The highest BCUT2D eigenvalue weighted by molar-refractivity contribution is 5.90. The molecule has 0 saturated heterocycles. The summed E-state index contributed by atoms with van der Waals surface area (Å²) in [6.07, 6.45) is 0. The molecule has 0 aliphatic carbocycles. The van der Waals surface area contributed by atoms with Crippen LogP contribution in [0.3, 0.4) is 0 Å². The highest BCUT2D eigenvalue weighted by Gasteiger charge is 2.08. The van der Waals surface area contributed by atoms with Crippen LogP contribution in [0.25, 0.3) is 11.1 Å². The maximum Gasteiger partial charge on any atom is 0.221 e. The van der Waals surface area contributed by atoms with Crippen molar-refractivity contribution in [2.45, 2.75) is 20.4 Å². The van der Waals surface area contributed by atoms with E-state index in [2.05, 4.69) is 15.6 Å². The number of rotatable bonds is 4. The minimum absolute atomic E-state index is 0.0841. The Hall–Kier alpha value is -2.82. The molecule has 2 aromatic carbocycles. The summed E-state index contributed by atoms with van der Waals surface area (Å²) in [6.45, 7) is 3.94. The first-order chi connectivity index (χ1) is 10.6. The van der Waals surface area contributed by atoms with E-state index in [4.69, 9.17) is 4.42 Å². The van der Waals surface area contributed by atoms with E-state index in [1.165, 1.54) is 6.92 Å². The number of carbonyl (C=O) groups is 1. The second-order valence-electron chi connectivity index (χ2n) is 5.09. The molecular weight excluding hydrogens is 278 g/mol. The molecule has 0 aliphatic rings. The van der Waals surface area contributed by atoms with Crippen molar-refractivity contribution in [2.24, 2.45) is 0 Å². The van der Waals surface area contributed by atoms with Gasteiger partial charge in [0.15, 0.2) is 5.58 Å². The minimum atomic E-state index is -0.0841. The smallest absolute Gasteiger partial charge is 0.221 e. The number of carbonyl (C=O) groups excluding carboxylic acids is 1. The number of hydrogen-bond donors (Lipinski definition) is 2. The molecule has 0 atom stereocenters. The van der Waals surface area contributed by atoms with Crippen molar-refractivity contribution in [2.75, 3.05) is 10.6 Å². The van der Waals surface area contributed by atoms with Crippen LogP contribution in [0.4, 0.5) is 11.4 Å². The van der Waals surface area contributed by atoms with Crippen LogP contribution in [0.15, 0.2) is 46.9 Å². The Morgan fingerprint density at radius 3 is 2.68 bits per heavy atom. The second-order valence-corrected chi connectivity index (χ2v) is 5.09. The molecular formula is C17H17N3O2. The number of oxazole rings is 1. The van der Waals surface area contributed by atoms with Gasteiger partial charge in [-0.25, -0.2) is 4.98 Å². The summed E-state index contributed by atoms with van der Waals surface area (Å²) in [4.78, 5) is 15.6. The van der Waals surface area contributed by atoms with Gasteiger partial charge >= 0.3 is 0 Å². The van der Waals surface area contributed by atoms with Gasteiger partial charge in [0, 0.05) is 18.3 Å². The highest BCUT2D eigenvalue weighted by atomic mass is 16.3. The zero-order valence-electron chi connectivity index (χ0n) is 12.5. The SMILES string of the molecule is CC(=O)Nc1cccc(NCc2nc3ccccc3o2)c1C. The van der Waals surface area contributed by atoms with Crippen LogP contribution in [0.2, 0.25) is 0 Å². The molecule has 0 bridgehead atoms. The van der Waals surface area contributed by atoms with Crippen molar-refractivity contribution < 1.29 is 9.21 Å². The molecule has 0 aliphatic heterocycles. The second kappa shape index (κ2) is 5.89. The zero-order valence-corrected chi connectivity index (χ0v) is 12.5. The van der Waals surface area contributed by atoms with Crippen LogP contribution in [-0.2, 0) is 11.3 Å². The molecule has 112 valence electrons. The molecule has 1 aromatic heterocycles. The van der Waals surface area contributed by atoms with Gasteiger partial charge in [0.1, 0.15) is 5.52 Å². The third-order valence-electron chi connectivity index (χ3n) is 3.41. The molecule has 3 aromatic rings. The molecule has 22 heavy (non-hydrogen) atoms. The number of hydrogen-bond acceptors (Lipinski definition) is 4. The Morgan fingerprint density at radius 1 is 1.14 bits per heavy atom. The quantitative estimate of drug-likeness (QED) is 0.770. The Balaban J connectivity index is 1.77. The molecule has 1 amide bonds. The molecule has 0 radical (unpaired) electrons. The number of nitrogens with zero attached hydrogens (tertiary/aromatic N) is 1. The van der Waals surface area contributed by atoms with Crippen LogP contribution >= 0.6 is 0 Å². The van der Waals surface area contributed by atoms with Crippen LogP contribution in [0.5, 0.6) is 0 Å². The lowest BCUT2D eigenvalue weighted by Gasteiger charge is -2.12. The fraction of sp³-hybridized carbons (Fsp3) is 0.176. The van der Waals surface area contributed by atoms with Crippen molar-refractivity contribution in [1.29, 1.82) is 0 Å². The zero-order chi connectivity index (χ0) is 15.5. The molecule has 2 N–H and O–H groups in total. The van der Waals surface area contributed by atoms with Crippen molar-refractivity contribution in [3.05, 3.63) is 53.9 Å². The van der Waals surface area contributed by atoms with Gasteiger partial charge in [0.2, 0.25) is 11.8 Å². The van der Waals surface area contributed by atoms with E-state index in [0.717, 1.165) is 28.0 Å². The monoisotopic (exact) mass is 295 g/mol. The number of benzene rings is 2. The maximum absolute atomic E-state index is 11.2. The Morgan fingerprint density at radius 2 is 1.91 bits per heavy atom. The maximum atomic E-state index is 11.2. The Kier molecular flexibility index (Phi) is 3.78. The molecule has 0 saturated carbocycles. The Bertz CT molecular complexity index is 791. The van der Waals surface area contributed by atoms with Crippen molar-refractivity contribution >= 4 is 28.4 Å². The number of nitrogens with one attached hydrogen (secondary N) is 2. The van der Waals surface area contributed by atoms with Crippen LogP contribution in [-0.4, -0.2) is 10.9 Å². The van der Waals surface area contributed by atoms with Crippen molar-refractivity contribution in [3.63, 3.8) is 0 Å². The van der Waals surface area contributed by atoms with Crippen molar-refractivity contribution in [1.82, 2.24) is 4.98 Å². The molecule has 1 heterocycles. The minimum Gasteiger partial charge on any atom is -0.439 e. The van der Waals surface area contributed by atoms with Crippen LogP contribution in [0, 0.1) is 6.92 Å². The van der Waals surface area contributed by atoms with Gasteiger partial charge in [-0.1, -0.05) is 18.2 Å². The average Bonchev–Trinajstić information content (AvgIpc) is 2.90. The predicted octanol–water partition coefficient (Wildman–Crippen LogP) is 3.71. The van der Waals surface area contributed by atoms with Gasteiger partial charge in [0.05, 0.1) is 6.54 Å². The predicted molar refractivity (Wildman–Crippen MR) is 86.8 cm³/mol. The molecule has 5 heteroatoms. The standard InChI is InChI=1S/C17H17N3O2/c1-11-13(7-5-8-14(11)19-12(2)21)18-10-17-20-15-6-3-4-9-16(15)22-17/h3-9,18H,10H2,1-2H3,(H,19,21). The van der Waals surface area contributed by atoms with Crippen molar-refractivity contribution in [3.8, 4) is 0 Å². The third-order valence-corrected chi connectivity index (χ3v) is 3.41. The molecule has 5 nitrogen and oxygen atoms in total. The fourth-order valence-corrected chi connectivity index (χ4v) is 2.32. The molecule has 0 spiro atoms. The summed E-state index contributed by atoms with van der Waals surface area (Å²) in [7, 11) is 0. The third kappa shape index (κ3) is 2.93. The van der Waals surface area contributed by atoms with E-state index in [-0.39, 0.29) is 5.91 Å². The Labute approximate surface area is 128 Å². The average molecular weight is 295 g/mol. The summed E-state index contributed by atoms with van der Waals surface area (Å²) in [5.74, 6) is 0.546. The summed E-state index contributed by atoms with van der Waals surface area (Å²) < 4.78 is 5.68. The first-order valence-electron chi connectivity index (χ1n) is 7.09. The van der Waals surface area contributed by atoms with Crippen LogP contribution in [0.1, 0.15) is 18.4 Å². The highest BCUT2D eigenvalue weighted by Crippen LogP contribution is 2.24. The number of aromatic nitrogens is 1. The largest absolute Gasteiger partial charge is 0.439 e. The number of amides is 1. The van der Waals surface area contributed by atoms with Gasteiger partial charge in [-0.3, -0.25) is 4.79 Å². The topological polar surface area (TPSA) is 67.2 Å². The van der Waals surface area contributed by atoms with Gasteiger partial charge < -0.3 is 15.1 Å². The normalized spacial score (nSPS) is 10.6. The number of anilines is 2. The van der Waals surface area contributed by atoms with E-state index in [9.17, 15) is 4.79 Å². The summed E-state index contributed by atoms with van der Waals surface area (Å²) >= 11 is 0. The first kappa shape index (κ1) is 14.1.